The highest BCUT2D eigenvalue weighted by molar-refractivity contribution is 9.08. The van der Waals surface area contributed by atoms with Gasteiger partial charge >= 0.3 is 5.97 Å². The summed E-state index contributed by atoms with van der Waals surface area (Å²) < 4.78 is 4.91. The number of halogens is 1. The third-order valence-corrected chi connectivity index (χ3v) is 2.25. The molecular formula is C8H9BrO3. The lowest BCUT2D eigenvalue weighted by Gasteiger charge is -1.94. The Bertz CT molecular complexity index is 290. The zero-order chi connectivity index (χ0) is 9.14. The van der Waals surface area contributed by atoms with E-state index in [1.165, 1.54) is 6.26 Å². The Morgan fingerprint density at radius 2 is 2.42 bits per heavy atom. The Hall–Kier alpha value is -0.770. The van der Waals surface area contributed by atoms with Gasteiger partial charge in [-0.3, -0.25) is 0 Å². The van der Waals surface area contributed by atoms with Gasteiger partial charge in [0.1, 0.15) is 0 Å². The van der Waals surface area contributed by atoms with Crippen molar-refractivity contribution in [3.63, 3.8) is 0 Å². The smallest absolute Gasteiger partial charge is 0.372 e. The van der Waals surface area contributed by atoms with Crippen molar-refractivity contribution in [1.29, 1.82) is 0 Å². The highest BCUT2D eigenvalue weighted by Gasteiger charge is 2.16. The Labute approximate surface area is 78.5 Å². The molecule has 1 aromatic rings. The van der Waals surface area contributed by atoms with E-state index in [0.29, 0.717) is 5.33 Å². The molecule has 0 saturated carbocycles. The maximum atomic E-state index is 10.6. The van der Waals surface area contributed by atoms with Crippen LogP contribution in [-0.4, -0.2) is 11.1 Å². The molecule has 0 amide bonds. The molecule has 0 aromatic carbocycles. The summed E-state index contributed by atoms with van der Waals surface area (Å²) >= 11 is 3.22. The molecule has 4 heteroatoms. The maximum absolute atomic E-state index is 10.6. The number of aryl methyl sites for hydroxylation is 1. The van der Waals surface area contributed by atoms with Crippen LogP contribution in [0.3, 0.4) is 0 Å². The van der Waals surface area contributed by atoms with Gasteiger partial charge in [-0.1, -0.05) is 22.9 Å². The first-order valence-corrected chi connectivity index (χ1v) is 4.71. The number of aromatic carboxylic acids is 1. The minimum Gasteiger partial charge on any atom is -0.475 e. The first kappa shape index (κ1) is 9.32. The summed E-state index contributed by atoms with van der Waals surface area (Å²) in [7, 11) is 0. The number of carbonyl (C=O) groups is 1. The van der Waals surface area contributed by atoms with Gasteiger partial charge < -0.3 is 9.52 Å². The van der Waals surface area contributed by atoms with Crippen LogP contribution in [0.5, 0.6) is 0 Å². The largest absolute Gasteiger partial charge is 0.475 e. The molecule has 0 spiro atoms. The van der Waals surface area contributed by atoms with Crippen molar-refractivity contribution < 1.29 is 14.3 Å². The second-order valence-electron chi connectivity index (χ2n) is 2.36. The summed E-state index contributed by atoms with van der Waals surface area (Å²) in [6.45, 7) is 1.96. The lowest BCUT2D eigenvalue weighted by molar-refractivity contribution is 0.0661. The normalized spacial score (nSPS) is 10.2. The monoisotopic (exact) mass is 232 g/mol. The summed E-state index contributed by atoms with van der Waals surface area (Å²) in [5.74, 6) is -0.965. The van der Waals surface area contributed by atoms with Crippen molar-refractivity contribution in [3.8, 4) is 0 Å². The van der Waals surface area contributed by atoms with Crippen LogP contribution in [0.25, 0.3) is 0 Å². The van der Waals surface area contributed by atoms with Crippen LogP contribution < -0.4 is 0 Å². The van der Waals surface area contributed by atoms with E-state index >= 15 is 0 Å². The molecule has 0 aliphatic heterocycles. The minimum absolute atomic E-state index is 0.0451. The van der Waals surface area contributed by atoms with Crippen LogP contribution in [0.15, 0.2) is 10.7 Å². The fourth-order valence-corrected chi connectivity index (χ4v) is 1.66. The second-order valence-corrected chi connectivity index (χ2v) is 2.92. The Balaban J connectivity index is 3.13. The van der Waals surface area contributed by atoms with E-state index in [4.69, 9.17) is 9.52 Å². The van der Waals surface area contributed by atoms with E-state index < -0.39 is 5.97 Å². The SMILES string of the molecule is CCc1coc(C(=O)O)c1CBr. The van der Waals surface area contributed by atoms with Gasteiger partial charge in [-0.25, -0.2) is 4.79 Å². The van der Waals surface area contributed by atoms with E-state index in [0.717, 1.165) is 17.5 Å². The molecule has 3 nitrogen and oxygen atoms in total. The van der Waals surface area contributed by atoms with Gasteiger partial charge in [0.05, 0.1) is 6.26 Å². The highest BCUT2D eigenvalue weighted by atomic mass is 79.9. The molecule has 0 fully saturated rings. The van der Waals surface area contributed by atoms with E-state index in [2.05, 4.69) is 15.9 Å². The second kappa shape index (κ2) is 3.76. The molecule has 12 heavy (non-hydrogen) atoms. The molecule has 0 aliphatic rings. The molecule has 1 aromatic heterocycles. The number of alkyl halides is 1. The summed E-state index contributed by atoms with van der Waals surface area (Å²) in [5.41, 5.74) is 1.69. The summed E-state index contributed by atoms with van der Waals surface area (Å²) in [6, 6.07) is 0. The molecular weight excluding hydrogens is 224 g/mol. The molecule has 0 bridgehead atoms. The average molecular weight is 233 g/mol. The summed E-state index contributed by atoms with van der Waals surface area (Å²) in [4.78, 5) is 10.6. The van der Waals surface area contributed by atoms with E-state index in [1.807, 2.05) is 6.92 Å². The zero-order valence-corrected chi connectivity index (χ0v) is 8.22. The number of furan rings is 1. The number of hydrogen-bond donors (Lipinski definition) is 1. The van der Waals surface area contributed by atoms with Crippen molar-refractivity contribution in [2.24, 2.45) is 0 Å². The number of carboxylic acid groups (broad SMARTS) is 1. The zero-order valence-electron chi connectivity index (χ0n) is 6.63. The van der Waals surface area contributed by atoms with Crippen molar-refractivity contribution >= 4 is 21.9 Å². The predicted octanol–water partition coefficient (Wildman–Crippen LogP) is 2.44. The van der Waals surface area contributed by atoms with Gasteiger partial charge in [-0.2, -0.15) is 0 Å². The van der Waals surface area contributed by atoms with E-state index in [-0.39, 0.29) is 5.76 Å². The molecule has 0 radical (unpaired) electrons. The molecule has 0 saturated heterocycles. The Morgan fingerprint density at radius 1 is 1.75 bits per heavy atom. The van der Waals surface area contributed by atoms with Crippen LogP contribution in [0.4, 0.5) is 0 Å². The molecule has 0 atom stereocenters. The highest BCUT2D eigenvalue weighted by Crippen LogP contribution is 2.20. The lowest BCUT2D eigenvalue weighted by atomic mass is 10.1. The maximum Gasteiger partial charge on any atom is 0.372 e. The summed E-state index contributed by atoms with van der Waals surface area (Å²) in [5, 5.41) is 9.21. The summed E-state index contributed by atoms with van der Waals surface area (Å²) in [6.07, 6.45) is 2.29. The topological polar surface area (TPSA) is 50.4 Å². The van der Waals surface area contributed by atoms with Gasteiger partial charge in [0.2, 0.25) is 5.76 Å². The van der Waals surface area contributed by atoms with Crippen LogP contribution in [0, 0.1) is 0 Å². The van der Waals surface area contributed by atoms with Gasteiger partial charge in [0.25, 0.3) is 0 Å². The lowest BCUT2D eigenvalue weighted by Crippen LogP contribution is -1.98. The molecule has 1 N–H and O–H groups in total. The molecule has 1 rings (SSSR count). The fourth-order valence-electron chi connectivity index (χ4n) is 1.04. The first-order chi connectivity index (χ1) is 5.70. The van der Waals surface area contributed by atoms with Crippen molar-refractivity contribution in [2.45, 2.75) is 18.7 Å². The molecule has 0 aliphatic carbocycles. The van der Waals surface area contributed by atoms with Crippen molar-refractivity contribution in [2.75, 3.05) is 0 Å². The predicted molar refractivity (Wildman–Crippen MR) is 47.7 cm³/mol. The van der Waals surface area contributed by atoms with Gasteiger partial charge in [0.15, 0.2) is 0 Å². The molecule has 0 unspecified atom stereocenters. The quantitative estimate of drug-likeness (QED) is 0.815. The fraction of sp³-hybridized carbons (Fsp3) is 0.375. The van der Waals surface area contributed by atoms with Gasteiger partial charge in [-0.05, 0) is 12.0 Å². The number of carboxylic acids is 1. The average Bonchev–Trinajstić information content (AvgIpc) is 2.46. The third kappa shape index (κ3) is 1.53. The molecule has 1 heterocycles. The molecule has 66 valence electrons. The van der Waals surface area contributed by atoms with Crippen molar-refractivity contribution in [1.82, 2.24) is 0 Å². The van der Waals surface area contributed by atoms with Gasteiger partial charge in [-0.15, -0.1) is 0 Å². The van der Waals surface area contributed by atoms with Crippen molar-refractivity contribution in [3.05, 3.63) is 23.2 Å². The Morgan fingerprint density at radius 3 is 2.83 bits per heavy atom. The number of hydrogen-bond acceptors (Lipinski definition) is 2. The van der Waals surface area contributed by atoms with E-state index in [9.17, 15) is 4.79 Å². The number of rotatable bonds is 3. The van der Waals surface area contributed by atoms with Crippen LogP contribution >= 0.6 is 15.9 Å². The minimum atomic E-state index is -1.01. The third-order valence-electron chi connectivity index (χ3n) is 1.69. The van der Waals surface area contributed by atoms with Crippen LogP contribution in [-0.2, 0) is 11.8 Å². The van der Waals surface area contributed by atoms with Gasteiger partial charge in [0, 0.05) is 10.9 Å². The standard InChI is InChI=1S/C8H9BrO3/c1-2-5-4-12-7(8(10)11)6(5)3-9/h4H,2-3H2,1H3,(H,10,11). The Kier molecular flexibility index (Phi) is 2.92. The van der Waals surface area contributed by atoms with Crippen LogP contribution in [0.1, 0.15) is 28.6 Å². The van der Waals surface area contributed by atoms with Crippen LogP contribution in [0.2, 0.25) is 0 Å². The van der Waals surface area contributed by atoms with E-state index in [1.54, 1.807) is 0 Å². The first-order valence-electron chi connectivity index (χ1n) is 3.59.